The first-order valence-electron chi connectivity index (χ1n) is 50.8. The first-order valence-corrected chi connectivity index (χ1v) is 50.8. The number of hydrogen-bond acceptors (Lipinski definition) is 30. The molecule has 0 radical (unpaired) electrons. The van der Waals surface area contributed by atoms with Crippen LogP contribution >= 0.6 is 0 Å². The second-order valence-electron chi connectivity index (χ2n) is 36.9. The van der Waals surface area contributed by atoms with Crippen LogP contribution in [0.3, 0.4) is 0 Å². The number of nitrogens with two attached hydrogens (primary N) is 3. The van der Waals surface area contributed by atoms with Gasteiger partial charge in [-0.05, 0) is 81.4 Å². The number of aromatic amines is 2. The molecule has 828 valence electrons. The number of amides is 16. The molecule has 53 heteroatoms. The Morgan fingerprint density at radius 1 is 0.607 bits per heavy atom. The zero-order valence-corrected chi connectivity index (χ0v) is 84.7. The van der Waals surface area contributed by atoms with Gasteiger partial charge in [0.1, 0.15) is 84.7 Å². The Hall–Kier alpha value is -14.6. The Labute approximate surface area is 867 Å². The summed E-state index contributed by atoms with van der Waals surface area (Å²) < 4.78 is 11.1. The number of guanidine groups is 1. The van der Waals surface area contributed by atoms with Gasteiger partial charge in [0.25, 0.3) is 0 Å². The lowest BCUT2D eigenvalue weighted by molar-refractivity contribution is -0.143. The average Bonchev–Trinajstić information content (AvgIpc) is 1.66. The summed E-state index contributed by atoms with van der Waals surface area (Å²) >= 11 is 0. The molecule has 0 aliphatic carbocycles. The van der Waals surface area contributed by atoms with Gasteiger partial charge in [-0.2, -0.15) is 5.53 Å². The van der Waals surface area contributed by atoms with Crippen LogP contribution in [-0.2, 0) is 120 Å². The average molecular weight is 2110 g/mol. The Morgan fingerprint density at radius 2 is 1.22 bits per heavy atom. The normalized spacial score (nSPS) is 18.2. The number of primary amides is 2. The summed E-state index contributed by atoms with van der Waals surface area (Å²) in [5.74, 6) is -19.0. The molecule has 13 unspecified atom stereocenters. The van der Waals surface area contributed by atoms with Crippen molar-refractivity contribution in [3.05, 3.63) is 90.1 Å². The van der Waals surface area contributed by atoms with E-state index in [9.17, 15) is 87.5 Å². The zero-order chi connectivity index (χ0) is 110. The second kappa shape index (κ2) is 69.6. The van der Waals surface area contributed by atoms with Gasteiger partial charge in [0.05, 0.1) is 65.0 Å². The molecule has 16 amide bonds. The number of para-hydroxylation sites is 1. The predicted molar refractivity (Wildman–Crippen MR) is 542 cm³/mol. The Balaban J connectivity index is 1.16. The number of rotatable bonds is 66. The van der Waals surface area contributed by atoms with Gasteiger partial charge in [-0.25, -0.2) is 10.4 Å². The molecule has 4 heterocycles. The van der Waals surface area contributed by atoms with Crippen LogP contribution in [-0.4, -0.2) is 340 Å². The summed E-state index contributed by atoms with van der Waals surface area (Å²) in [6.45, 7) is -4.49. The second-order valence-corrected chi connectivity index (χ2v) is 36.9. The predicted octanol–water partition coefficient (Wildman–Crippen LogP) is -3.74. The van der Waals surface area contributed by atoms with Crippen molar-refractivity contribution in [2.75, 3.05) is 91.9 Å². The minimum absolute atomic E-state index is 0.0155. The molecule has 2 aromatic heterocycles. The quantitative estimate of drug-likeness (QED) is 0.00504. The zero-order valence-electron chi connectivity index (χ0n) is 84.7. The molecule has 6 rings (SSSR count). The van der Waals surface area contributed by atoms with Crippen molar-refractivity contribution < 1.29 is 121 Å². The van der Waals surface area contributed by atoms with Crippen LogP contribution in [0.25, 0.3) is 10.9 Å². The van der Waals surface area contributed by atoms with Gasteiger partial charge in [-0.15, -0.1) is 0 Å². The van der Waals surface area contributed by atoms with E-state index in [1.807, 2.05) is 0 Å². The highest BCUT2D eigenvalue weighted by atomic mass is 16.5. The molecule has 0 spiro atoms. The number of aromatic nitrogens is 3. The van der Waals surface area contributed by atoms with E-state index < -0.39 is 270 Å². The van der Waals surface area contributed by atoms with Crippen LogP contribution in [0.5, 0.6) is 0 Å². The number of H-pyrrole nitrogens is 2. The summed E-state index contributed by atoms with van der Waals surface area (Å²) in [7, 11) is 0. The van der Waals surface area contributed by atoms with Crippen molar-refractivity contribution in [2.45, 2.75) is 285 Å². The third-order valence-electron chi connectivity index (χ3n) is 24.7. The van der Waals surface area contributed by atoms with Crippen LogP contribution in [0.4, 0.5) is 0 Å². The lowest BCUT2D eigenvalue weighted by Gasteiger charge is -2.31. The first kappa shape index (κ1) is 124. The molecule has 31 N–H and O–H groups in total. The third kappa shape index (κ3) is 48.6. The smallest absolute Gasteiger partial charge is 0.317 e. The number of aliphatic carboxylic acids is 2. The molecule has 2 aliphatic rings. The van der Waals surface area contributed by atoms with E-state index in [0.29, 0.717) is 52.5 Å². The van der Waals surface area contributed by atoms with E-state index in [1.54, 1.807) is 67.7 Å². The fraction of sp³-hybridized carbons (Fsp3) is 0.608. The van der Waals surface area contributed by atoms with E-state index >= 15 is 24.0 Å². The topological polar surface area (TPSA) is 829 Å². The summed E-state index contributed by atoms with van der Waals surface area (Å²) in [6, 6.07) is -3.17. The number of nitrogens with zero attached hydrogens (tertiary/aromatic N) is 4. The SMILES string of the molecule is CCCCC(NC(=O)C(CNC(=O)C(Cc1cnc[nH]1)NC(=O)C(CCC(N)=O)NC(=O)C(CO)NC(=O)CNCC(C=O)OCCOCCNC(=O)CCCCCCCCCCCCCCCC(=N)NN=N)NC(=O)CN(CC(=O)O)CC(=O)O)C(=O)NC1CCC(=O)NCCCCC(C(N)=O)NC(=O)C(Cc2c[nH]c3ccccc23)NC(=O)C(CCCNC(=N)N)NC(=O)C(Cc2ccccc2)NC(=O)C2CC(O)CN2C1=O. The van der Waals surface area contributed by atoms with E-state index in [2.05, 4.69) is 105 Å². The fourth-order valence-electron chi connectivity index (χ4n) is 16.7. The van der Waals surface area contributed by atoms with Crippen LogP contribution in [0.2, 0.25) is 0 Å². The van der Waals surface area contributed by atoms with Crippen molar-refractivity contribution in [1.82, 2.24) is 110 Å². The highest BCUT2D eigenvalue weighted by molar-refractivity contribution is 6.01. The Kier molecular flexibility index (Phi) is 57.6. The van der Waals surface area contributed by atoms with Crippen molar-refractivity contribution in [3.8, 4) is 0 Å². The number of aliphatic hydroxyl groups is 2. The van der Waals surface area contributed by atoms with Crippen LogP contribution in [0.1, 0.15) is 204 Å². The van der Waals surface area contributed by atoms with E-state index in [1.165, 1.54) is 44.6 Å². The third-order valence-corrected chi connectivity index (χ3v) is 24.7. The van der Waals surface area contributed by atoms with Crippen LogP contribution in [0, 0.1) is 16.3 Å². The number of carboxylic acid groups (broad SMARTS) is 2. The fourth-order valence-corrected chi connectivity index (χ4v) is 16.7. The van der Waals surface area contributed by atoms with Gasteiger partial charge in [0, 0.05) is 120 Å². The number of imidazole rings is 1. The largest absolute Gasteiger partial charge is 0.480 e. The number of unbranched alkanes of at least 4 members (excludes halogenated alkanes) is 13. The minimum atomic E-state index is -2.05. The van der Waals surface area contributed by atoms with Gasteiger partial charge >= 0.3 is 11.9 Å². The van der Waals surface area contributed by atoms with Gasteiger partial charge in [0.2, 0.25) is 94.5 Å². The Bertz CT molecular complexity index is 5040. The molecule has 2 fully saturated rings. The number of hydrogen-bond donors (Lipinski definition) is 28. The molecule has 2 aliphatic heterocycles. The molecule has 53 nitrogen and oxygen atoms in total. The summed E-state index contributed by atoms with van der Waals surface area (Å²) in [5.41, 5.74) is 28.0. The standard InChI is InChI=1S/C97H150N28O25/c1-2-3-28-68(88(140)118-71-35-37-81(131)106-38-23-22-30-67(86(100)138)114-92(144)73(45-61-48-109-66-29-21-20-27-65(61)66)119-89(141)69(31-24-39-108-97(101)102)115-91(143)72(44-60-25-16-15-17-26-60)121-95(147)77-47-63(128)53-125(77)96(71)148)116-93(145)75(112-83(133)54-124(55-84(134)135)56-85(136)137)51-110-87(139)74(46-62-49-105-59-111-62)120-90(142)70(34-36-79(99)129)117-94(146)76(58-127)113-82(132)52-104-50-64(57-126)150-43-42-149-41-40-107-80(130)33-19-14-12-10-8-6-4-5-7-9-11-13-18-32-78(98)122-123-103/h15-17,20-21,25-27,29,48-49,57,59,63-64,67-77,104,109,127-128H,2-14,18-19,22-24,28,30-47,50-56,58H2,1H3,(H2,99,129)(H2,100,138)(H,105,111)(H,106,131)(H,107,130)(H,110,139)(H,112,133)(H,113,132)(H,114,144)(H,115,143)(H,116,145)(H,117,146)(H,118,140)(H,119,141)(H,120,142)(H,121,147)(H,134,135)(H,136,137)(H3,98,103,122)(H4,101,102,108). The van der Waals surface area contributed by atoms with Crippen molar-refractivity contribution in [2.24, 2.45) is 22.4 Å². The Morgan fingerprint density at radius 3 is 1.86 bits per heavy atom. The molecule has 0 saturated carbocycles. The number of carbonyl (C=O) groups is 19. The number of aldehydes is 1. The maximum absolute atomic E-state index is 15.5. The summed E-state index contributed by atoms with van der Waals surface area (Å²) in [4.78, 5) is 276. The van der Waals surface area contributed by atoms with Gasteiger partial charge in [-0.3, -0.25) is 102 Å². The number of ether oxygens (including phenoxy) is 2. The van der Waals surface area contributed by atoms with E-state index in [0.717, 1.165) is 56.3 Å². The maximum atomic E-state index is 15.5. The lowest BCUT2D eigenvalue weighted by Crippen LogP contribution is -2.61. The van der Waals surface area contributed by atoms with Crippen molar-refractivity contribution >= 4 is 135 Å². The molecule has 0 bridgehead atoms. The lowest BCUT2D eigenvalue weighted by atomic mass is 10.0. The molecule has 13 atom stereocenters. The highest BCUT2D eigenvalue weighted by Crippen LogP contribution is 2.25. The molecule has 4 aromatic rings. The first-order chi connectivity index (χ1) is 72.0. The number of benzene rings is 2. The van der Waals surface area contributed by atoms with E-state index in [-0.39, 0.29) is 121 Å². The summed E-state index contributed by atoms with van der Waals surface area (Å²) in [5, 5.41) is 99.0. The van der Waals surface area contributed by atoms with Crippen LogP contribution in [0.15, 0.2) is 78.5 Å². The van der Waals surface area contributed by atoms with Crippen molar-refractivity contribution in [3.63, 3.8) is 0 Å². The molecule has 150 heavy (non-hydrogen) atoms. The van der Waals surface area contributed by atoms with Gasteiger partial charge in [0.15, 0.2) is 5.96 Å². The summed E-state index contributed by atoms with van der Waals surface area (Å²) in [6.07, 6.45) is 13.6. The molecule has 2 aromatic carbocycles. The molecular weight excluding hydrogens is 1960 g/mol. The van der Waals surface area contributed by atoms with Crippen molar-refractivity contribution in [1.29, 1.82) is 16.3 Å². The molecule has 2 saturated heterocycles. The number of fused-ring (bicyclic) bond motifs is 2. The molecular formula is C97H150N28O25. The van der Waals surface area contributed by atoms with Crippen LogP contribution < -0.4 is 102 Å². The number of amidine groups is 1. The monoisotopic (exact) mass is 2110 g/mol. The van der Waals surface area contributed by atoms with Gasteiger partial charge < -0.3 is 147 Å². The number of carbonyl (C=O) groups excluding carboxylic acids is 17. The maximum Gasteiger partial charge on any atom is 0.317 e. The van der Waals surface area contributed by atoms with E-state index in [4.69, 9.17) is 43.0 Å². The number of aliphatic hydroxyl groups excluding tert-OH is 2. The minimum Gasteiger partial charge on any atom is -0.480 e. The van der Waals surface area contributed by atoms with Gasteiger partial charge in [-0.1, -0.05) is 144 Å². The number of nitrogens with one attached hydrogen (secondary N) is 21. The highest BCUT2D eigenvalue weighted by Gasteiger charge is 2.45. The number of carboxylic acids is 2.